The molecule has 2 aromatic rings. The Kier molecular flexibility index (Phi) is 6.24. The minimum absolute atomic E-state index is 0.0385. The quantitative estimate of drug-likeness (QED) is 0.401. The molecule has 2 aliphatic carbocycles. The van der Waals surface area contributed by atoms with Gasteiger partial charge in [0, 0.05) is 60.0 Å². The van der Waals surface area contributed by atoms with Gasteiger partial charge in [-0.15, -0.1) is 0 Å². The fraction of sp³-hybridized carbons (Fsp3) is 0.357. The van der Waals surface area contributed by atoms with Crippen molar-refractivity contribution < 1.29 is 19.2 Å². The highest BCUT2D eigenvalue weighted by molar-refractivity contribution is 6.06. The summed E-state index contributed by atoms with van der Waals surface area (Å²) in [5.41, 5.74) is 5.47. The first-order chi connectivity index (χ1) is 17.0. The van der Waals surface area contributed by atoms with E-state index in [0.29, 0.717) is 18.6 Å². The van der Waals surface area contributed by atoms with Crippen LogP contribution in [0.25, 0.3) is 0 Å². The van der Waals surface area contributed by atoms with Crippen molar-refractivity contribution in [2.24, 2.45) is 0 Å². The average Bonchev–Trinajstić information content (AvgIpc) is 2.87. The SMILES string of the molecule is CCN1C2=C(C(=O)CCC2)C(c2cccc(OCc3ccc([N+](=O)[O-])cc3)c2)C2=C1CCCC2=O. The number of ketones is 2. The Hall–Kier alpha value is -3.74. The average molecular weight is 473 g/mol. The third-order valence-corrected chi connectivity index (χ3v) is 7.15. The number of allylic oxidation sites excluding steroid dienone is 4. The van der Waals surface area contributed by atoms with E-state index in [9.17, 15) is 19.7 Å². The van der Waals surface area contributed by atoms with Crippen molar-refractivity contribution in [3.05, 3.63) is 92.3 Å². The van der Waals surface area contributed by atoms with Crippen LogP contribution in [0.15, 0.2) is 71.1 Å². The number of rotatable bonds is 6. The Morgan fingerprint density at radius 1 is 0.943 bits per heavy atom. The summed E-state index contributed by atoms with van der Waals surface area (Å²) in [6.07, 6.45) is 4.42. The molecule has 0 fully saturated rings. The minimum Gasteiger partial charge on any atom is -0.489 e. The number of ether oxygens (including phenoxy) is 1. The van der Waals surface area contributed by atoms with Crippen LogP contribution >= 0.6 is 0 Å². The van der Waals surface area contributed by atoms with Gasteiger partial charge in [0.15, 0.2) is 11.6 Å². The van der Waals surface area contributed by atoms with E-state index in [4.69, 9.17) is 4.74 Å². The lowest BCUT2D eigenvalue weighted by molar-refractivity contribution is -0.384. The van der Waals surface area contributed by atoms with E-state index in [1.165, 1.54) is 12.1 Å². The van der Waals surface area contributed by atoms with E-state index >= 15 is 0 Å². The summed E-state index contributed by atoms with van der Waals surface area (Å²) in [5.74, 6) is 0.551. The van der Waals surface area contributed by atoms with Gasteiger partial charge in [-0.2, -0.15) is 0 Å². The molecule has 0 N–H and O–H groups in total. The Labute approximate surface area is 204 Å². The Balaban J connectivity index is 1.49. The van der Waals surface area contributed by atoms with E-state index in [-0.39, 0.29) is 29.8 Å². The smallest absolute Gasteiger partial charge is 0.269 e. The molecular formula is C28H28N2O5. The predicted octanol–water partition coefficient (Wildman–Crippen LogP) is 5.61. The van der Waals surface area contributed by atoms with Crippen molar-refractivity contribution in [2.45, 2.75) is 58.0 Å². The summed E-state index contributed by atoms with van der Waals surface area (Å²) in [7, 11) is 0. The highest BCUT2D eigenvalue weighted by Crippen LogP contribution is 2.49. The summed E-state index contributed by atoms with van der Waals surface area (Å²) in [5, 5.41) is 10.9. The highest BCUT2D eigenvalue weighted by Gasteiger charge is 2.42. The topological polar surface area (TPSA) is 89.8 Å². The van der Waals surface area contributed by atoms with Crippen molar-refractivity contribution in [3.8, 4) is 5.75 Å². The maximum absolute atomic E-state index is 13.2. The van der Waals surface area contributed by atoms with Crippen molar-refractivity contribution in [1.29, 1.82) is 0 Å². The number of hydrogen-bond donors (Lipinski definition) is 0. The first kappa shape index (κ1) is 23.0. The fourth-order valence-corrected chi connectivity index (χ4v) is 5.60. The monoisotopic (exact) mass is 472 g/mol. The second-order valence-electron chi connectivity index (χ2n) is 9.24. The zero-order valence-electron chi connectivity index (χ0n) is 19.8. The first-order valence-corrected chi connectivity index (χ1v) is 12.2. The summed E-state index contributed by atoms with van der Waals surface area (Å²) in [4.78, 5) is 39.1. The maximum Gasteiger partial charge on any atom is 0.269 e. The number of nitrogens with zero attached hydrogens (tertiary/aromatic N) is 2. The lowest BCUT2D eigenvalue weighted by Gasteiger charge is -2.43. The third kappa shape index (κ3) is 4.27. The second kappa shape index (κ2) is 9.49. The molecule has 0 amide bonds. The molecular weight excluding hydrogens is 444 g/mol. The molecule has 7 heteroatoms. The van der Waals surface area contributed by atoms with Gasteiger partial charge in [0.1, 0.15) is 12.4 Å². The number of non-ortho nitro benzene ring substituents is 1. The molecule has 0 spiro atoms. The number of Topliss-reactive ketones (excluding diaryl/α,β-unsaturated/α-hetero) is 2. The zero-order valence-corrected chi connectivity index (χ0v) is 19.8. The zero-order chi connectivity index (χ0) is 24.5. The molecule has 1 aliphatic heterocycles. The fourth-order valence-electron chi connectivity index (χ4n) is 5.60. The molecule has 0 bridgehead atoms. The summed E-state index contributed by atoms with van der Waals surface area (Å²) in [6.45, 7) is 3.10. The Morgan fingerprint density at radius 2 is 1.57 bits per heavy atom. The summed E-state index contributed by atoms with van der Waals surface area (Å²) >= 11 is 0. The molecule has 2 aromatic carbocycles. The van der Waals surface area contributed by atoms with Gasteiger partial charge in [-0.25, -0.2) is 0 Å². The molecule has 0 unspecified atom stereocenters. The lowest BCUT2D eigenvalue weighted by Crippen LogP contribution is -2.39. The lowest BCUT2D eigenvalue weighted by atomic mass is 9.71. The number of carbonyl (C=O) groups excluding carboxylic acids is 2. The van der Waals surface area contributed by atoms with E-state index in [2.05, 4.69) is 11.8 Å². The van der Waals surface area contributed by atoms with E-state index in [1.807, 2.05) is 24.3 Å². The van der Waals surface area contributed by atoms with Crippen LogP contribution in [0.5, 0.6) is 5.75 Å². The molecule has 3 aliphatic rings. The Bertz CT molecular complexity index is 1210. The van der Waals surface area contributed by atoms with Gasteiger partial charge in [0.2, 0.25) is 0 Å². The Morgan fingerprint density at radius 3 is 2.14 bits per heavy atom. The van der Waals surface area contributed by atoms with E-state index in [0.717, 1.165) is 65.9 Å². The van der Waals surface area contributed by atoms with Crippen molar-refractivity contribution in [1.82, 2.24) is 4.90 Å². The second-order valence-corrected chi connectivity index (χ2v) is 9.24. The van der Waals surface area contributed by atoms with Gasteiger partial charge in [0.05, 0.1) is 4.92 Å². The molecule has 0 radical (unpaired) electrons. The van der Waals surface area contributed by atoms with Crippen LogP contribution < -0.4 is 4.74 Å². The van der Waals surface area contributed by atoms with Crippen LogP contribution in [0, 0.1) is 10.1 Å². The number of hydrogen-bond acceptors (Lipinski definition) is 6. The third-order valence-electron chi connectivity index (χ3n) is 7.15. The van der Waals surface area contributed by atoms with Crippen LogP contribution in [-0.4, -0.2) is 27.9 Å². The van der Waals surface area contributed by atoms with Gasteiger partial charge < -0.3 is 9.64 Å². The molecule has 0 saturated carbocycles. The van der Waals surface area contributed by atoms with Crippen LogP contribution in [0.3, 0.4) is 0 Å². The normalized spacial score (nSPS) is 18.5. The van der Waals surface area contributed by atoms with Gasteiger partial charge >= 0.3 is 0 Å². The molecule has 0 atom stereocenters. The molecule has 1 heterocycles. The molecule has 0 aromatic heterocycles. The van der Waals surface area contributed by atoms with E-state index in [1.54, 1.807) is 12.1 Å². The van der Waals surface area contributed by atoms with Gasteiger partial charge in [-0.1, -0.05) is 12.1 Å². The summed E-state index contributed by atoms with van der Waals surface area (Å²) in [6, 6.07) is 13.9. The van der Waals surface area contributed by atoms with E-state index < -0.39 is 4.92 Å². The van der Waals surface area contributed by atoms with Crippen LogP contribution in [0.4, 0.5) is 5.69 Å². The maximum atomic E-state index is 13.2. The van der Waals surface area contributed by atoms with Crippen LogP contribution in [0.1, 0.15) is 62.5 Å². The number of carbonyl (C=O) groups is 2. The molecule has 35 heavy (non-hydrogen) atoms. The largest absolute Gasteiger partial charge is 0.489 e. The van der Waals surface area contributed by atoms with Gasteiger partial charge in [-0.3, -0.25) is 19.7 Å². The number of nitro benzene ring substituents is 1. The first-order valence-electron chi connectivity index (χ1n) is 12.2. The molecule has 180 valence electrons. The molecule has 7 nitrogen and oxygen atoms in total. The van der Waals surface area contributed by atoms with Crippen molar-refractivity contribution >= 4 is 17.3 Å². The van der Waals surface area contributed by atoms with Crippen molar-refractivity contribution in [2.75, 3.05) is 6.54 Å². The number of nitro groups is 1. The van der Waals surface area contributed by atoms with Gasteiger partial charge in [-0.05, 0) is 68.0 Å². The van der Waals surface area contributed by atoms with Crippen molar-refractivity contribution in [3.63, 3.8) is 0 Å². The van der Waals surface area contributed by atoms with Crippen LogP contribution in [-0.2, 0) is 16.2 Å². The highest BCUT2D eigenvalue weighted by atomic mass is 16.6. The molecule has 5 rings (SSSR count). The molecule has 0 saturated heterocycles. The predicted molar refractivity (Wildman–Crippen MR) is 131 cm³/mol. The number of benzene rings is 2. The minimum atomic E-state index is -0.428. The van der Waals surface area contributed by atoms with Gasteiger partial charge in [0.25, 0.3) is 5.69 Å². The standard InChI is InChI=1S/C28H28N2O5/c1-2-29-22-8-4-10-24(31)27(22)26(28-23(29)9-5-11-25(28)32)19-6-3-7-21(16-19)35-17-18-12-14-20(15-13-18)30(33)34/h3,6-7,12-16,26H,2,4-5,8-11,17H2,1H3. The summed E-state index contributed by atoms with van der Waals surface area (Å²) < 4.78 is 6.01. The van der Waals surface area contributed by atoms with Crippen LogP contribution in [0.2, 0.25) is 0 Å².